The molecule has 1 atom stereocenters. The van der Waals surface area contributed by atoms with Crippen molar-refractivity contribution in [2.24, 2.45) is 5.73 Å². The summed E-state index contributed by atoms with van der Waals surface area (Å²) in [6.45, 7) is 1.16. The Balaban J connectivity index is 2.56. The minimum atomic E-state index is -0.0672. The van der Waals surface area contributed by atoms with Gasteiger partial charge in [0.05, 0.1) is 6.10 Å². The van der Waals surface area contributed by atoms with Crippen LogP contribution in [0.5, 0.6) is 0 Å². The third kappa shape index (κ3) is 4.14. The van der Waals surface area contributed by atoms with Gasteiger partial charge in [0.2, 0.25) is 0 Å². The lowest BCUT2D eigenvalue weighted by molar-refractivity contribution is 0.0488. The zero-order valence-corrected chi connectivity index (χ0v) is 10.4. The second-order valence-corrected chi connectivity index (χ2v) is 4.33. The molecule has 0 saturated carbocycles. The number of rotatable bonds is 7. The summed E-state index contributed by atoms with van der Waals surface area (Å²) in [5.74, 6) is 0. The van der Waals surface area contributed by atoms with Crippen LogP contribution in [-0.2, 0) is 4.74 Å². The molecule has 90 valence electrons. The van der Waals surface area contributed by atoms with Crippen LogP contribution >= 0.6 is 11.8 Å². The first kappa shape index (κ1) is 13.5. The molecule has 3 nitrogen and oxygen atoms in total. The fourth-order valence-corrected chi connectivity index (χ4v) is 1.82. The van der Waals surface area contributed by atoms with Crippen molar-refractivity contribution in [3.63, 3.8) is 0 Å². The minimum absolute atomic E-state index is 0.0672. The van der Waals surface area contributed by atoms with E-state index >= 15 is 0 Å². The van der Waals surface area contributed by atoms with E-state index in [0.717, 1.165) is 5.56 Å². The molecule has 16 heavy (non-hydrogen) atoms. The minimum Gasteiger partial charge on any atom is -0.396 e. The molecule has 0 aliphatic carbocycles. The van der Waals surface area contributed by atoms with Crippen molar-refractivity contribution in [3.8, 4) is 0 Å². The van der Waals surface area contributed by atoms with Crippen molar-refractivity contribution in [1.29, 1.82) is 0 Å². The van der Waals surface area contributed by atoms with Crippen LogP contribution in [0.1, 0.15) is 18.1 Å². The van der Waals surface area contributed by atoms with Crippen molar-refractivity contribution < 1.29 is 9.84 Å². The van der Waals surface area contributed by atoms with Gasteiger partial charge in [-0.05, 0) is 30.4 Å². The normalized spacial score (nSPS) is 12.7. The Kier molecular flexibility index (Phi) is 6.49. The van der Waals surface area contributed by atoms with Gasteiger partial charge in [0.15, 0.2) is 0 Å². The molecule has 0 spiro atoms. The molecule has 0 aliphatic heterocycles. The molecule has 1 rings (SSSR count). The van der Waals surface area contributed by atoms with E-state index in [1.165, 1.54) is 4.90 Å². The first-order chi connectivity index (χ1) is 7.81. The van der Waals surface area contributed by atoms with Gasteiger partial charge in [-0.25, -0.2) is 0 Å². The molecule has 1 aromatic rings. The highest BCUT2D eigenvalue weighted by atomic mass is 32.2. The first-order valence-electron chi connectivity index (χ1n) is 5.38. The fraction of sp³-hybridized carbons (Fsp3) is 0.500. The predicted octanol–water partition coefficient (Wildman–Crippen LogP) is 1.81. The molecule has 0 aromatic heterocycles. The Morgan fingerprint density at radius 1 is 1.38 bits per heavy atom. The number of benzene rings is 1. The molecule has 1 aromatic carbocycles. The number of thioether (sulfide) groups is 1. The topological polar surface area (TPSA) is 55.5 Å². The molecule has 0 saturated heterocycles. The van der Waals surface area contributed by atoms with Crippen LogP contribution in [0.15, 0.2) is 29.2 Å². The van der Waals surface area contributed by atoms with Crippen molar-refractivity contribution in [2.75, 3.05) is 26.0 Å². The number of aliphatic hydroxyl groups excluding tert-OH is 1. The predicted molar refractivity (Wildman–Crippen MR) is 67.7 cm³/mol. The molecule has 0 amide bonds. The monoisotopic (exact) mass is 241 g/mol. The summed E-state index contributed by atoms with van der Waals surface area (Å²) in [5, 5.41) is 8.68. The Morgan fingerprint density at radius 2 is 2.06 bits per heavy atom. The molecular formula is C12H19NO2S. The molecule has 0 aliphatic rings. The zero-order valence-electron chi connectivity index (χ0n) is 9.56. The highest BCUT2D eigenvalue weighted by molar-refractivity contribution is 7.98. The van der Waals surface area contributed by atoms with Gasteiger partial charge in [-0.2, -0.15) is 0 Å². The Bertz CT molecular complexity index is 290. The Labute approximate surface area is 101 Å². The van der Waals surface area contributed by atoms with Crippen molar-refractivity contribution in [1.82, 2.24) is 0 Å². The van der Waals surface area contributed by atoms with E-state index in [9.17, 15) is 0 Å². The Morgan fingerprint density at radius 3 is 2.56 bits per heavy atom. The quantitative estimate of drug-likeness (QED) is 0.564. The van der Waals surface area contributed by atoms with Crippen LogP contribution in [0, 0.1) is 0 Å². The second-order valence-electron chi connectivity index (χ2n) is 3.45. The molecule has 1 unspecified atom stereocenters. The maximum absolute atomic E-state index is 8.68. The van der Waals surface area contributed by atoms with E-state index in [2.05, 4.69) is 12.1 Å². The molecule has 4 heteroatoms. The highest BCUT2D eigenvalue weighted by Gasteiger charge is 2.09. The fourth-order valence-electron chi connectivity index (χ4n) is 1.41. The van der Waals surface area contributed by atoms with Gasteiger partial charge in [-0.1, -0.05) is 12.1 Å². The molecule has 0 fully saturated rings. The lowest BCUT2D eigenvalue weighted by atomic mass is 10.1. The zero-order chi connectivity index (χ0) is 11.8. The van der Waals surface area contributed by atoms with E-state index in [1.807, 2.05) is 18.4 Å². The van der Waals surface area contributed by atoms with Crippen LogP contribution in [0.2, 0.25) is 0 Å². The lowest BCUT2D eigenvalue weighted by Crippen LogP contribution is -2.16. The first-order valence-corrected chi connectivity index (χ1v) is 6.60. The molecule has 0 bridgehead atoms. The van der Waals surface area contributed by atoms with E-state index in [0.29, 0.717) is 19.6 Å². The van der Waals surface area contributed by atoms with E-state index in [1.54, 1.807) is 11.8 Å². The van der Waals surface area contributed by atoms with Crippen molar-refractivity contribution in [2.45, 2.75) is 17.4 Å². The van der Waals surface area contributed by atoms with Crippen LogP contribution in [0.25, 0.3) is 0 Å². The summed E-state index contributed by atoms with van der Waals surface area (Å²) >= 11 is 1.71. The number of hydrogen-bond acceptors (Lipinski definition) is 4. The van der Waals surface area contributed by atoms with Crippen molar-refractivity contribution in [3.05, 3.63) is 29.8 Å². The van der Waals surface area contributed by atoms with Gasteiger partial charge < -0.3 is 15.6 Å². The van der Waals surface area contributed by atoms with Gasteiger partial charge in [-0.3, -0.25) is 0 Å². The number of hydrogen-bond donors (Lipinski definition) is 2. The van der Waals surface area contributed by atoms with E-state index in [4.69, 9.17) is 15.6 Å². The average molecular weight is 241 g/mol. The summed E-state index contributed by atoms with van der Waals surface area (Å²) in [6, 6.07) is 8.22. The second kappa shape index (κ2) is 7.68. The molecule has 3 N–H and O–H groups in total. The van der Waals surface area contributed by atoms with E-state index < -0.39 is 0 Å². The highest BCUT2D eigenvalue weighted by Crippen LogP contribution is 2.20. The number of ether oxygens (including phenoxy) is 1. The third-order valence-electron chi connectivity index (χ3n) is 2.32. The standard InChI is InChI=1S/C12H19NO2S/c1-16-11-5-3-10(4-6-11)12(9-13)15-8-2-7-14/h3-6,12,14H,2,7-9,13H2,1H3. The number of aliphatic hydroxyl groups is 1. The van der Waals surface area contributed by atoms with Crippen LogP contribution in [0.3, 0.4) is 0 Å². The lowest BCUT2D eigenvalue weighted by Gasteiger charge is -2.16. The summed E-state index contributed by atoms with van der Waals surface area (Å²) in [5.41, 5.74) is 6.76. The maximum Gasteiger partial charge on any atom is 0.0947 e. The Hall–Kier alpha value is -0.550. The molecule has 0 radical (unpaired) electrons. The molecule has 0 heterocycles. The van der Waals surface area contributed by atoms with Crippen LogP contribution in [-0.4, -0.2) is 31.1 Å². The van der Waals surface area contributed by atoms with Gasteiger partial charge in [0.1, 0.15) is 0 Å². The maximum atomic E-state index is 8.68. The smallest absolute Gasteiger partial charge is 0.0947 e. The van der Waals surface area contributed by atoms with Crippen LogP contribution < -0.4 is 5.73 Å². The van der Waals surface area contributed by atoms with Crippen LogP contribution in [0.4, 0.5) is 0 Å². The van der Waals surface area contributed by atoms with Gasteiger partial charge in [0.25, 0.3) is 0 Å². The summed E-state index contributed by atoms with van der Waals surface area (Å²) < 4.78 is 5.60. The van der Waals surface area contributed by atoms with Crippen molar-refractivity contribution >= 4 is 11.8 Å². The SMILES string of the molecule is CSc1ccc(C(CN)OCCCO)cc1. The summed E-state index contributed by atoms with van der Waals surface area (Å²) in [6.07, 6.45) is 2.63. The van der Waals surface area contributed by atoms with Gasteiger partial charge in [0, 0.05) is 24.7 Å². The van der Waals surface area contributed by atoms with Gasteiger partial charge in [-0.15, -0.1) is 11.8 Å². The third-order valence-corrected chi connectivity index (χ3v) is 3.07. The average Bonchev–Trinajstić information content (AvgIpc) is 2.35. The largest absolute Gasteiger partial charge is 0.396 e. The number of nitrogens with two attached hydrogens (primary N) is 1. The van der Waals surface area contributed by atoms with E-state index in [-0.39, 0.29) is 12.7 Å². The summed E-state index contributed by atoms with van der Waals surface area (Å²) in [7, 11) is 0. The summed E-state index contributed by atoms with van der Waals surface area (Å²) in [4.78, 5) is 1.23. The molecular weight excluding hydrogens is 222 g/mol. The van der Waals surface area contributed by atoms with Gasteiger partial charge >= 0.3 is 0 Å².